The van der Waals surface area contributed by atoms with E-state index >= 15 is 0 Å². The third-order valence-electron chi connectivity index (χ3n) is 5.96. The minimum absolute atomic E-state index is 0.0758. The quantitative estimate of drug-likeness (QED) is 0.566. The molecule has 1 unspecified atom stereocenters. The van der Waals surface area contributed by atoms with E-state index in [-0.39, 0.29) is 17.6 Å². The second-order valence-corrected chi connectivity index (χ2v) is 7.78. The van der Waals surface area contributed by atoms with E-state index in [1.807, 2.05) is 31.2 Å². The van der Waals surface area contributed by atoms with Gasteiger partial charge in [0.15, 0.2) is 5.78 Å². The van der Waals surface area contributed by atoms with Gasteiger partial charge in [-0.25, -0.2) is 4.39 Å². The second kappa shape index (κ2) is 9.11. The van der Waals surface area contributed by atoms with Crippen molar-refractivity contribution in [3.05, 3.63) is 89.7 Å². The lowest BCUT2D eigenvalue weighted by atomic mass is 9.99. The molecule has 0 aromatic heterocycles. The topological polar surface area (TPSA) is 47.3 Å². The fourth-order valence-corrected chi connectivity index (χ4v) is 4.03. The fraction of sp³-hybridized carbons (Fsp3) is 0.231. The van der Waals surface area contributed by atoms with Crippen molar-refractivity contribution >= 4 is 11.5 Å². The maximum Gasteiger partial charge on any atom is 0.179 e. The third-order valence-corrected chi connectivity index (χ3v) is 5.96. The van der Waals surface area contributed by atoms with Crippen LogP contribution in [0.3, 0.4) is 0 Å². The molecular weight excluding hydrogens is 389 g/mol. The molecule has 3 aromatic carbocycles. The molecule has 1 fully saturated rings. The maximum absolute atomic E-state index is 14.0. The van der Waals surface area contributed by atoms with Gasteiger partial charge >= 0.3 is 0 Å². The highest BCUT2D eigenvalue weighted by atomic mass is 19.1. The van der Waals surface area contributed by atoms with E-state index in [0.717, 1.165) is 37.4 Å². The van der Waals surface area contributed by atoms with E-state index in [4.69, 9.17) is 5.26 Å². The molecule has 4 nitrogen and oxygen atoms in total. The lowest BCUT2D eigenvalue weighted by Gasteiger charge is -2.38. The van der Waals surface area contributed by atoms with E-state index in [1.165, 1.54) is 6.07 Å². The van der Waals surface area contributed by atoms with Crippen molar-refractivity contribution in [1.29, 1.82) is 5.26 Å². The van der Waals surface area contributed by atoms with Crippen LogP contribution in [-0.4, -0.2) is 42.9 Å². The standard InChI is InChI=1S/C26H24FN3O/c1-19(29-14-16-30(17-15-29)23-12-6-20(18-28)7-13-23)26(31)22-10-8-21(9-11-22)24-4-2-3-5-25(24)27/h2-13,19H,14-17H2,1H3. The Kier molecular flexibility index (Phi) is 6.11. The largest absolute Gasteiger partial charge is 0.369 e. The van der Waals surface area contributed by atoms with Crippen LogP contribution in [-0.2, 0) is 0 Å². The Balaban J connectivity index is 1.38. The van der Waals surface area contributed by atoms with Gasteiger partial charge in [-0.3, -0.25) is 9.69 Å². The number of hydrogen-bond donors (Lipinski definition) is 0. The van der Waals surface area contributed by atoms with Gasteiger partial charge in [-0.2, -0.15) is 5.26 Å². The highest BCUT2D eigenvalue weighted by Gasteiger charge is 2.26. The van der Waals surface area contributed by atoms with Crippen LogP contribution in [0.1, 0.15) is 22.8 Å². The first-order chi connectivity index (χ1) is 15.1. The zero-order valence-corrected chi connectivity index (χ0v) is 17.5. The van der Waals surface area contributed by atoms with Crippen LogP contribution in [0.25, 0.3) is 11.1 Å². The average Bonchev–Trinajstić information content (AvgIpc) is 2.84. The zero-order chi connectivity index (χ0) is 21.8. The molecular formula is C26H24FN3O. The number of Topliss-reactive ketones (excluding diaryl/α,β-unsaturated/α-hetero) is 1. The first kappa shape index (κ1) is 20.8. The predicted molar refractivity (Wildman–Crippen MR) is 121 cm³/mol. The van der Waals surface area contributed by atoms with Gasteiger partial charge in [0.25, 0.3) is 0 Å². The van der Waals surface area contributed by atoms with Crippen molar-refractivity contribution < 1.29 is 9.18 Å². The number of nitriles is 1. The number of rotatable bonds is 5. The minimum Gasteiger partial charge on any atom is -0.369 e. The number of hydrogen-bond acceptors (Lipinski definition) is 4. The van der Waals surface area contributed by atoms with Gasteiger partial charge in [0.2, 0.25) is 0 Å². The van der Waals surface area contributed by atoms with Gasteiger partial charge in [0, 0.05) is 43.0 Å². The lowest BCUT2D eigenvalue weighted by Crippen LogP contribution is -2.51. The molecule has 0 radical (unpaired) electrons. The van der Waals surface area contributed by atoms with Gasteiger partial charge < -0.3 is 4.90 Å². The maximum atomic E-state index is 14.0. The molecule has 156 valence electrons. The SMILES string of the molecule is CC(C(=O)c1ccc(-c2ccccc2F)cc1)N1CCN(c2ccc(C#N)cc2)CC1. The molecule has 4 rings (SSSR count). The summed E-state index contributed by atoms with van der Waals surface area (Å²) in [5, 5.41) is 8.95. The smallest absolute Gasteiger partial charge is 0.179 e. The summed E-state index contributed by atoms with van der Waals surface area (Å²) in [6.07, 6.45) is 0. The normalized spacial score (nSPS) is 15.3. The number of carbonyl (C=O) groups excluding carboxylic acids is 1. The summed E-state index contributed by atoms with van der Waals surface area (Å²) >= 11 is 0. The third kappa shape index (κ3) is 4.50. The first-order valence-corrected chi connectivity index (χ1v) is 10.4. The van der Waals surface area contributed by atoms with Gasteiger partial charge in [0.05, 0.1) is 17.7 Å². The molecule has 1 aliphatic rings. The van der Waals surface area contributed by atoms with Gasteiger partial charge in [-0.05, 0) is 42.8 Å². The van der Waals surface area contributed by atoms with Crippen LogP contribution < -0.4 is 4.90 Å². The Morgan fingerprint density at radius 3 is 2.19 bits per heavy atom. The monoisotopic (exact) mass is 413 g/mol. The number of halogens is 1. The summed E-state index contributed by atoms with van der Waals surface area (Å²) in [5.41, 5.74) is 3.69. The molecule has 0 aliphatic carbocycles. The van der Waals surface area contributed by atoms with E-state index < -0.39 is 0 Å². The summed E-state index contributed by atoms with van der Waals surface area (Å²) in [4.78, 5) is 17.5. The number of anilines is 1. The van der Waals surface area contributed by atoms with Gasteiger partial charge in [0.1, 0.15) is 5.82 Å². The van der Waals surface area contributed by atoms with E-state index in [0.29, 0.717) is 16.7 Å². The van der Waals surface area contributed by atoms with Gasteiger partial charge in [-0.1, -0.05) is 42.5 Å². The Morgan fingerprint density at radius 2 is 1.58 bits per heavy atom. The summed E-state index contributed by atoms with van der Waals surface area (Å²) in [7, 11) is 0. The van der Waals surface area contributed by atoms with E-state index in [1.54, 1.807) is 42.5 Å². The first-order valence-electron chi connectivity index (χ1n) is 10.4. The highest BCUT2D eigenvalue weighted by molar-refractivity contribution is 6.00. The predicted octanol–water partition coefficient (Wildman–Crippen LogP) is 4.76. The van der Waals surface area contributed by atoms with Crippen LogP contribution in [0.2, 0.25) is 0 Å². The second-order valence-electron chi connectivity index (χ2n) is 7.78. The van der Waals surface area contributed by atoms with Crippen molar-refractivity contribution in [3.8, 4) is 17.2 Å². The minimum atomic E-state index is -0.268. The van der Waals surface area contributed by atoms with Crippen LogP contribution >= 0.6 is 0 Å². The van der Waals surface area contributed by atoms with Gasteiger partial charge in [-0.15, -0.1) is 0 Å². The molecule has 1 atom stereocenters. The number of nitrogens with zero attached hydrogens (tertiary/aromatic N) is 3. The van der Waals surface area contributed by atoms with Crippen LogP contribution in [0, 0.1) is 17.1 Å². The Morgan fingerprint density at radius 1 is 0.935 bits per heavy atom. The molecule has 3 aromatic rings. The van der Waals surface area contributed by atoms with Crippen molar-refractivity contribution in [3.63, 3.8) is 0 Å². The molecule has 0 amide bonds. The molecule has 0 bridgehead atoms. The molecule has 1 aliphatic heterocycles. The highest BCUT2D eigenvalue weighted by Crippen LogP contribution is 2.24. The molecule has 0 spiro atoms. The molecule has 0 N–H and O–H groups in total. The van der Waals surface area contributed by atoms with Crippen molar-refractivity contribution in [2.45, 2.75) is 13.0 Å². The molecule has 1 saturated heterocycles. The Hall–Kier alpha value is -3.49. The zero-order valence-electron chi connectivity index (χ0n) is 17.5. The molecule has 31 heavy (non-hydrogen) atoms. The fourth-order valence-electron chi connectivity index (χ4n) is 4.03. The summed E-state index contributed by atoms with van der Waals surface area (Å²) < 4.78 is 14.0. The number of piperazine rings is 1. The van der Waals surface area contributed by atoms with Crippen LogP contribution in [0.5, 0.6) is 0 Å². The Labute approximate surface area is 182 Å². The number of benzene rings is 3. The van der Waals surface area contributed by atoms with Crippen LogP contribution in [0.15, 0.2) is 72.8 Å². The lowest BCUT2D eigenvalue weighted by molar-refractivity contribution is 0.0830. The summed E-state index contributed by atoms with van der Waals surface area (Å²) in [6, 6.07) is 23.4. The number of ketones is 1. The molecule has 5 heteroatoms. The number of carbonyl (C=O) groups is 1. The van der Waals surface area contributed by atoms with Crippen molar-refractivity contribution in [2.75, 3.05) is 31.1 Å². The van der Waals surface area contributed by atoms with E-state index in [2.05, 4.69) is 15.9 Å². The summed E-state index contributed by atoms with van der Waals surface area (Å²) in [6.45, 7) is 5.19. The average molecular weight is 413 g/mol. The van der Waals surface area contributed by atoms with Crippen molar-refractivity contribution in [2.24, 2.45) is 0 Å². The van der Waals surface area contributed by atoms with Crippen molar-refractivity contribution in [1.82, 2.24) is 4.90 Å². The Bertz CT molecular complexity index is 1090. The van der Waals surface area contributed by atoms with E-state index in [9.17, 15) is 9.18 Å². The summed E-state index contributed by atoms with van der Waals surface area (Å²) in [5.74, 6) is -0.193. The molecule has 1 heterocycles. The van der Waals surface area contributed by atoms with Crippen LogP contribution in [0.4, 0.5) is 10.1 Å². The molecule has 0 saturated carbocycles.